The normalized spacial score (nSPS) is 12.5. The molecule has 1 unspecified atom stereocenters. The van der Waals surface area contributed by atoms with E-state index in [-0.39, 0.29) is 4.83 Å². The number of benzene rings is 1. The van der Waals surface area contributed by atoms with Crippen molar-refractivity contribution in [2.24, 2.45) is 0 Å². The summed E-state index contributed by atoms with van der Waals surface area (Å²) in [6.07, 6.45) is 3.97. The van der Waals surface area contributed by atoms with Crippen LogP contribution in [-0.4, -0.2) is 9.78 Å². The minimum absolute atomic E-state index is 0.209. The van der Waals surface area contributed by atoms with Gasteiger partial charge in [0.1, 0.15) is 0 Å². The topological polar surface area (TPSA) is 17.8 Å². The van der Waals surface area contributed by atoms with Crippen LogP contribution in [0.5, 0.6) is 0 Å². The molecule has 4 heteroatoms. The predicted molar refractivity (Wildman–Crippen MR) is 78.7 cm³/mol. The highest BCUT2D eigenvalue weighted by Crippen LogP contribution is 2.31. The molecule has 0 aliphatic heterocycles. The van der Waals surface area contributed by atoms with E-state index >= 15 is 0 Å². The Kier molecular flexibility index (Phi) is 3.30. The Morgan fingerprint density at radius 2 is 1.94 bits per heavy atom. The highest BCUT2D eigenvalue weighted by Gasteiger charge is 2.13. The van der Waals surface area contributed by atoms with E-state index in [9.17, 15) is 0 Å². The molecule has 2 heterocycles. The van der Waals surface area contributed by atoms with Gasteiger partial charge in [-0.05, 0) is 34.5 Å². The number of nitrogens with zero attached hydrogens (tertiary/aromatic N) is 2. The van der Waals surface area contributed by atoms with Gasteiger partial charge >= 0.3 is 0 Å². The van der Waals surface area contributed by atoms with E-state index < -0.39 is 0 Å². The number of para-hydroxylation sites is 1. The van der Waals surface area contributed by atoms with Gasteiger partial charge in [0.2, 0.25) is 0 Å². The Bertz CT molecular complexity index is 616. The maximum atomic E-state index is 4.41. The summed E-state index contributed by atoms with van der Waals surface area (Å²) in [6, 6.07) is 12.3. The average molecular weight is 319 g/mol. The molecule has 0 saturated carbocycles. The van der Waals surface area contributed by atoms with E-state index in [1.54, 1.807) is 11.3 Å². The Hall–Kier alpha value is -1.39. The summed E-state index contributed by atoms with van der Waals surface area (Å²) in [6.45, 7) is 0. The van der Waals surface area contributed by atoms with Crippen LogP contribution in [0.25, 0.3) is 5.69 Å². The molecule has 0 spiro atoms. The first kappa shape index (κ1) is 11.7. The molecule has 2 aromatic heterocycles. The fourth-order valence-corrected chi connectivity index (χ4v) is 3.18. The minimum Gasteiger partial charge on any atom is -0.241 e. The van der Waals surface area contributed by atoms with Crippen LogP contribution in [0.15, 0.2) is 59.6 Å². The number of alkyl halides is 1. The van der Waals surface area contributed by atoms with E-state index in [2.05, 4.69) is 44.1 Å². The second-order valence-electron chi connectivity index (χ2n) is 3.97. The number of rotatable bonds is 3. The molecule has 3 rings (SSSR count). The summed E-state index contributed by atoms with van der Waals surface area (Å²) in [5, 5.41) is 8.65. The number of aromatic nitrogens is 2. The van der Waals surface area contributed by atoms with Gasteiger partial charge in [-0.2, -0.15) is 16.4 Å². The van der Waals surface area contributed by atoms with Crippen molar-refractivity contribution in [3.05, 3.63) is 70.7 Å². The molecule has 0 amide bonds. The minimum atomic E-state index is 0.209. The number of halogens is 1. The number of hydrogen-bond acceptors (Lipinski definition) is 2. The average Bonchev–Trinajstić information content (AvgIpc) is 3.10. The highest BCUT2D eigenvalue weighted by atomic mass is 79.9. The van der Waals surface area contributed by atoms with Crippen molar-refractivity contribution in [3.8, 4) is 5.69 Å². The Morgan fingerprint density at radius 1 is 1.11 bits per heavy atom. The third-order valence-electron chi connectivity index (χ3n) is 2.75. The van der Waals surface area contributed by atoms with Crippen molar-refractivity contribution in [1.29, 1.82) is 0 Å². The zero-order valence-electron chi connectivity index (χ0n) is 9.53. The van der Waals surface area contributed by atoms with Gasteiger partial charge in [-0.1, -0.05) is 34.1 Å². The second-order valence-corrected chi connectivity index (χ2v) is 5.67. The molecule has 18 heavy (non-hydrogen) atoms. The lowest BCUT2D eigenvalue weighted by molar-refractivity contribution is 0.880. The van der Waals surface area contributed by atoms with Crippen LogP contribution >= 0.6 is 27.3 Å². The molecule has 0 saturated heterocycles. The van der Waals surface area contributed by atoms with E-state index in [1.807, 2.05) is 41.2 Å². The molecule has 0 aliphatic rings. The SMILES string of the molecule is BrC(c1ccsc1)c1cnn(-c2ccccc2)c1. The van der Waals surface area contributed by atoms with Gasteiger partial charge in [0.25, 0.3) is 0 Å². The monoisotopic (exact) mass is 318 g/mol. The van der Waals surface area contributed by atoms with Crippen LogP contribution in [0.1, 0.15) is 16.0 Å². The molecule has 0 bridgehead atoms. The maximum absolute atomic E-state index is 4.41. The van der Waals surface area contributed by atoms with Crippen LogP contribution in [0.3, 0.4) is 0 Å². The van der Waals surface area contributed by atoms with Gasteiger partial charge in [-0.3, -0.25) is 0 Å². The van der Waals surface area contributed by atoms with Gasteiger partial charge in [0.05, 0.1) is 16.7 Å². The second kappa shape index (κ2) is 5.08. The third-order valence-corrected chi connectivity index (χ3v) is 4.51. The summed E-state index contributed by atoms with van der Waals surface area (Å²) >= 11 is 5.42. The molecule has 2 nitrogen and oxygen atoms in total. The molecule has 90 valence electrons. The first-order chi connectivity index (χ1) is 8.84. The van der Waals surface area contributed by atoms with Gasteiger partial charge in [0.15, 0.2) is 0 Å². The number of thiophene rings is 1. The van der Waals surface area contributed by atoms with Crippen molar-refractivity contribution in [1.82, 2.24) is 9.78 Å². The van der Waals surface area contributed by atoms with Crippen molar-refractivity contribution >= 4 is 27.3 Å². The lowest BCUT2D eigenvalue weighted by atomic mass is 10.1. The predicted octanol–water partition coefficient (Wildman–Crippen LogP) is 4.42. The number of hydrogen-bond donors (Lipinski definition) is 0. The van der Waals surface area contributed by atoms with Gasteiger partial charge in [-0.15, -0.1) is 0 Å². The fourth-order valence-electron chi connectivity index (χ4n) is 1.80. The molecule has 0 aliphatic carbocycles. The first-order valence-corrected chi connectivity index (χ1v) is 7.46. The van der Waals surface area contributed by atoms with Crippen LogP contribution in [0, 0.1) is 0 Å². The molecule has 0 fully saturated rings. The summed E-state index contributed by atoms with van der Waals surface area (Å²) in [5.74, 6) is 0. The first-order valence-electron chi connectivity index (χ1n) is 5.61. The zero-order valence-corrected chi connectivity index (χ0v) is 11.9. The van der Waals surface area contributed by atoms with E-state index in [0.29, 0.717) is 0 Å². The summed E-state index contributed by atoms with van der Waals surface area (Å²) in [5.41, 5.74) is 3.51. The standard InChI is InChI=1S/C14H11BrN2S/c15-14(11-6-7-18-10-11)12-8-16-17(9-12)13-4-2-1-3-5-13/h1-10,14H. The Labute approximate surface area is 118 Å². The lowest BCUT2D eigenvalue weighted by Gasteiger charge is -2.04. The Balaban J connectivity index is 1.90. The van der Waals surface area contributed by atoms with Crippen LogP contribution < -0.4 is 0 Å². The fraction of sp³-hybridized carbons (Fsp3) is 0.0714. The van der Waals surface area contributed by atoms with E-state index in [0.717, 1.165) is 11.3 Å². The summed E-state index contributed by atoms with van der Waals surface area (Å²) < 4.78 is 1.90. The maximum Gasteiger partial charge on any atom is 0.0683 e. The largest absolute Gasteiger partial charge is 0.241 e. The molecule has 1 atom stereocenters. The molecule has 0 radical (unpaired) electrons. The summed E-state index contributed by atoms with van der Waals surface area (Å²) in [4.78, 5) is 0.209. The van der Waals surface area contributed by atoms with Crippen LogP contribution in [-0.2, 0) is 0 Å². The van der Waals surface area contributed by atoms with E-state index in [1.165, 1.54) is 5.56 Å². The molecule has 1 aromatic carbocycles. The summed E-state index contributed by atoms with van der Waals surface area (Å²) in [7, 11) is 0. The molecule has 0 N–H and O–H groups in total. The smallest absolute Gasteiger partial charge is 0.0683 e. The van der Waals surface area contributed by atoms with Gasteiger partial charge in [0, 0.05) is 11.8 Å². The van der Waals surface area contributed by atoms with Crippen molar-refractivity contribution in [2.45, 2.75) is 4.83 Å². The molecular formula is C14H11BrN2S. The van der Waals surface area contributed by atoms with Gasteiger partial charge < -0.3 is 0 Å². The van der Waals surface area contributed by atoms with Crippen molar-refractivity contribution in [3.63, 3.8) is 0 Å². The van der Waals surface area contributed by atoms with Crippen LogP contribution in [0.2, 0.25) is 0 Å². The molecular weight excluding hydrogens is 308 g/mol. The lowest BCUT2D eigenvalue weighted by Crippen LogP contribution is -1.93. The van der Waals surface area contributed by atoms with Crippen molar-refractivity contribution < 1.29 is 0 Å². The highest BCUT2D eigenvalue weighted by molar-refractivity contribution is 9.09. The molecule has 3 aromatic rings. The quantitative estimate of drug-likeness (QED) is 0.654. The van der Waals surface area contributed by atoms with E-state index in [4.69, 9.17) is 0 Å². The van der Waals surface area contributed by atoms with Gasteiger partial charge in [-0.25, -0.2) is 4.68 Å². The third kappa shape index (κ3) is 2.26. The van der Waals surface area contributed by atoms with Crippen molar-refractivity contribution in [2.75, 3.05) is 0 Å². The van der Waals surface area contributed by atoms with Crippen LogP contribution in [0.4, 0.5) is 0 Å². The zero-order chi connectivity index (χ0) is 12.4. The Morgan fingerprint density at radius 3 is 2.67 bits per heavy atom.